The van der Waals surface area contributed by atoms with Gasteiger partial charge in [-0.15, -0.1) is 0 Å². The summed E-state index contributed by atoms with van der Waals surface area (Å²) in [6.07, 6.45) is 1.31. The molecule has 0 aliphatic heterocycles. The van der Waals surface area contributed by atoms with Gasteiger partial charge in [0.05, 0.1) is 0 Å². The molecule has 2 nitrogen and oxygen atoms in total. The van der Waals surface area contributed by atoms with E-state index in [9.17, 15) is 13.2 Å². The van der Waals surface area contributed by atoms with Gasteiger partial charge in [0.2, 0.25) is 0 Å². The number of rotatable bonds is 2. The van der Waals surface area contributed by atoms with Gasteiger partial charge in [-0.3, -0.25) is 0 Å². The van der Waals surface area contributed by atoms with Crippen LogP contribution in [0.25, 0.3) is 0 Å². The van der Waals surface area contributed by atoms with Crippen LogP contribution in [-0.4, -0.2) is 10.5 Å². The van der Waals surface area contributed by atoms with Gasteiger partial charge >= 0.3 is 5.51 Å². The van der Waals surface area contributed by atoms with Crippen molar-refractivity contribution >= 4 is 11.8 Å². The van der Waals surface area contributed by atoms with Gasteiger partial charge in [-0.2, -0.15) is 13.2 Å². The number of hydrogen-bond donors (Lipinski definition) is 1. The first-order chi connectivity index (χ1) is 6.03. The van der Waals surface area contributed by atoms with E-state index < -0.39 is 5.51 Å². The molecule has 0 aliphatic rings. The smallest absolute Gasteiger partial charge is 0.326 e. The predicted molar refractivity (Wildman–Crippen MR) is 44.0 cm³/mol. The Bertz CT molecular complexity index is 287. The summed E-state index contributed by atoms with van der Waals surface area (Å²) < 4.78 is 35.8. The average Bonchev–Trinajstić information content (AvgIpc) is 2.02. The van der Waals surface area contributed by atoms with E-state index in [4.69, 9.17) is 5.73 Å². The maximum atomic E-state index is 11.9. The first-order valence-corrected chi connectivity index (χ1v) is 4.24. The minimum atomic E-state index is -4.31. The van der Waals surface area contributed by atoms with Gasteiger partial charge in [0.25, 0.3) is 0 Å². The third-order valence-electron chi connectivity index (χ3n) is 1.28. The molecule has 72 valence electrons. The molecular formula is C7H7F3N2S. The highest BCUT2D eigenvalue weighted by Gasteiger charge is 2.30. The van der Waals surface area contributed by atoms with Crippen LogP contribution in [0, 0.1) is 0 Å². The first-order valence-electron chi connectivity index (χ1n) is 3.42. The summed E-state index contributed by atoms with van der Waals surface area (Å²) in [5.41, 5.74) is 1.35. The zero-order chi connectivity index (χ0) is 9.90. The van der Waals surface area contributed by atoms with Gasteiger partial charge in [0.15, 0.2) is 0 Å². The monoisotopic (exact) mass is 208 g/mol. The quantitative estimate of drug-likeness (QED) is 0.757. The summed E-state index contributed by atoms with van der Waals surface area (Å²) in [5, 5.41) is -0.0718. The lowest BCUT2D eigenvalue weighted by Gasteiger charge is -2.07. The van der Waals surface area contributed by atoms with Gasteiger partial charge in [-0.25, -0.2) is 4.98 Å². The molecule has 0 fully saturated rings. The van der Waals surface area contributed by atoms with E-state index in [2.05, 4.69) is 4.98 Å². The van der Waals surface area contributed by atoms with E-state index in [0.29, 0.717) is 5.56 Å². The Kier molecular flexibility index (Phi) is 3.16. The Balaban J connectivity index is 2.87. The van der Waals surface area contributed by atoms with Crippen LogP contribution in [-0.2, 0) is 6.54 Å². The second-order valence-corrected chi connectivity index (χ2v) is 3.27. The van der Waals surface area contributed by atoms with E-state index in [-0.39, 0.29) is 23.3 Å². The minimum absolute atomic E-state index is 0.0618. The second-order valence-electron chi connectivity index (χ2n) is 2.22. The molecule has 1 aromatic heterocycles. The van der Waals surface area contributed by atoms with Crippen molar-refractivity contribution in [2.75, 3.05) is 0 Å². The normalized spacial score (nSPS) is 11.7. The molecule has 0 amide bonds. The van der Waals surface area contributed by atoms with Crippen LogP contribution in [0.3, 0.4) is 0 Å². The van der Waals surface area contributed by atoms with Crippen LogP contribution in [0.1, 0.15) is 5.56 Å². The van der Waals surface area contributed by atoms with Crippen LogP contribution in [0.4, 0.5) is 13.2 Å². The molecule has 0 saturated heterocycles. The van der Waals surface area contributed by atoms with Crippen LogP contribution >= 0.6 is 11.8 Å². The third kappa shape index (κ3) is 3.23. The predicted octanol–water partition coefficient (Wildman–Crippen LogP) is 2.15. The molecule has 6 heteroatoms. The number of alkyl halides is 3. The molecule has 13 heavy (non-hydrogen) atoms. The third-order valence-corrected chi connectivity index (χ3v) is 2.07. The van der Waals surface area contributed by atoms with Gasteiger partial charge in [0.1, 0.15) is 5.03 Å². The lowest BCUT2D eigenvalue weighted by Crippen LogP contribution is -2.05. The number of hydrogen-bond acceptors (Lipinski definition) is 3. The first kappa shape index (κ1) is 10.3. The molecular weight excluding hydrogens is 201 g/mol. The topological polar surface area (TPSA) is 38.9 Å². The van der Waals surface area contributed by atoms with Crippen molar-refractivity contribution in [3.05, 3.63) is 23.9 Å². The van der Waals surface area contributed by atoms with Crippen molar-refractivity contribution in [3.63, 3.8) is 0 Å². The Hall–Kier alpha value is -0.750. The van der Waals surface area contributed by atoms with Gasteiger partial charge in [-0.1, -0.05) is 6.07 Å². The fourth-order valence-electron chi connectivity index (χ4n) is 0.781. The molecule has 0 aromatic carbocycles. The van der Waals surface area contributed by atoms with Crippen LogP contribution in [0.2, 0.25) is 0 Å². The van der Waals surface area contributed by atoms with Gasteiger partial charge < -0.3 is 5.73 Å². The summed E-state index contributed by atoms with van der Waals surface area (Å²) in [6, 6.07) is 3.09. The van der Waals surface area contributed by atoms with Crippen LogP contribution in [0.5, 0.6) is 0 Å². The number of thioether (sulfide) groups is 1. The SMILES string of the molecule is NCc1cccnc1SC(F)(F)F. The van der Waals surface area contributed by atoms with Gasteiger partial charge in [-0.05, 0) is 11.6 Å². The standard InChI is InChI=1S/C7H7F3N2S/c8-7(9,10)13-6-5(4-11)2-1-3-12-6/h1-3H,4,11H2. The largest absolute Gasteiger partial charge is 0.447 e. The van der Waals surface area contributed by atoms with Crippen molar-refractivity contribution in [2.45, 2.75) is 17.1 Å². The Labute approximate surface area is 77.3 Å². The molecule has 0 aliphatic carbocycles. The molecule has 0 radical (unpaired) electrons. The molecule has 1 rings (SSSR count). The maximum Gasteiger partial charge on any atom is 0.447 e. The Morgan fingerprint density at radius 3 is 2.69 bits per heavy atom. The average molecular weight is 208 g/mol. The lowest BCUT2D eigenvalue weighted by atomic mass is 10.3. The fourth-order valence-corrected chi connectivity index (χ4v) is 1.40. The lowest BCUT2D eigenvalue weighted by molar-refractivity contribution is -0.0329. The van der Waals surface area contributed by atoms with E-state index >= 15 is 0 Å². The highest BCUT2D eigenvalue weighted by molar-refractivity contribution is 8.00. The summed E-state index contributed by atoms with van der Waals surface area (Å²) in [7, 11) is 0. The van der Waals surface area contributed by atoms with Crippen molar-refractivity contribution in [3.8, 4) is 0 Å². The second kappa shape index (κ2) is 3.97. The Morgan fingerprint density at radius 1 is 1.46 bits per heavy atom. The van der Waals surface area contributed by atoms with E-state index in [1.165, 1.54) is 12.3 Å². The van der Waals surface area contributed by atoms with Crippen molar-refractivity contribution in [2.24, 2.45) is 5.73 Å². The Morgan fingerprint density at radius 2 is 2.15 bits per heavy atom. The fraction of sp³-hybridized carbons (Fsp3) is 0.286. The number of pyridine rings is 1. The summed E-state index contributed by atoms with van der Waals surface area (Å²) in [5.74, 6) is 0. The van der Waals surface area contributed by atoms with E-state index in [0.717, 1.165) is 0 Å². The van der Waals surface area contributed by atoms with E-state index in [1.54, 1.807) is 6.07 Å². The number of nitrogens with two attached hydrogens (primary N) is 1. The summed E-state index contributed by atoms with van der Waals surface area (Å²) in [4.78, 5) is 3.60. The highest BCUT2D eigenvalue weighted by atomic mass is 32.2. The molecule has 1 aromatic rings. The molecule has 0 unspecified atom stereocenters. The molecule has 0 bridgehead atoms. The van der Waals surface area contributed by atoms with Crippen molar-refractivity contribution in [1.29, 1.82) is 0 Å². The molecule has 0 spiro atoms. The highest BCUT2D eigenvalue weighted by Crippen LogP contribution is 2.36. The molecule has 1 heterocycles. The van der Waals surface area contributed by atoms with Crippen LogP contribution in [0.15, 0.2) is 23.4 Å². The number of halogens is 3. The van der Waals surface area contributed by atoms with Crippen LogP contribution < -0.4 is 5.73 Å². The summed E-state index contributed by atoms with van der Waals surface area (Å²) >= 11 is -0.239. The molecule has 0 saturated carbocycles. The molecule has 0 atom stereocenters. The number of nitrogens with zero attached hydrogens (tertiary/aromatic N) is 1. The maximum absolute atomic E-state index is 11.9. The van der Waals surface area contributed by atoms with Crippen molar-refractivity contribution in [1.82, 2.24) is 4.98 Å². The minimum Gasteiger partial charge on any atom is -0.326 e. The summed E-state index contributed by atoms with van der Waals surface area (Å²) in [6.45, 7) is 0.0618. The zero-order valence-corrected chi connectivity index (χ0v) is 7.32. The molecule has 2 N–H and O–H groups in total. The number of aromatic nitrogens is 1. The zero-order valence-electron chi connectivity index (χ0n) is 6.51. The van der Waals surface area contributed by atoms with Crippen molar-refractivity contribution < 1.29 is 13.2 Å². The van der Waals surface area contributed by atoms with Gasteiger partial charge in [0, 0.05) is 24.5 Å². The van der Waals surface area contributed by atoms with E-state index in [1.807, 2.05) is 0 Å².